The lowest BCUT2D eigenvalue weighted by atomic mass is 10.1. The minimum Gasteiger partial charge on any atom is -0.457 e. The standard InChI is InChI=1S/C15H12FNO2/c1-10-2-3-11(8-17)6-15(10)19-14-5-12(9-18)4-13(16)7-14/h2-7,18H,9H2,1H3. The van der Waals surface area contributed by atoms with E-state index in [0.717, 1.165) is 5.56 Å². The summed E-state index contributed by atoms with van der Waals surface area (Å²) >= 11 is 0. The molecule has 0 fully saturated rings. The van der Waals surface area contributed by atoms with Gasteiger partial charge in [-0.05, 0) is 42.3 Å². The second-order valence-corrected chi connectivity index (χ2v) is 4.15. The largest absolute Gasteiger partial charge is 0.457 e. The maximum Gasteiger partial charge on any atom is 0.131 e. The summed E-state index contributed by atoms with van der Waals surface area (Å²) in [6.45, 7) is 1.58. The smallest absolute Gasteiger partial charge is 0.131 e. The number of aryl methyl sites for hydroxylation is 1. The summed E-state index contributed by atoms with van der Waals surface area (Å²) in [5.41, 5.74) is 1.75. The Kier molecular flexibility index (Phi) is 3.79. The molecular formula is C15H12FNO2. The van der Waals surface area contributed by atoms with Gasteiger partial charge in [0.2, 0.25) is 0 Å². The van der Waals surface area contributed by atoms with Gasteiger partial charge in [0, 0.05) is 6.07 Å². The molecule has 0 aromatic heterocycles. The van der Waals surface area contributed by atoms with Crippen molar-refractivity contribution >= 4 is 0 Å². The van der Waals surface area contributed by atoms with Crippen molar-refractivity contribution in [2.45, 2.75) is 13.5 Å². The normalized spacial score (nSPS) is 10.0. The highest BCUT2D eigenvalue weighted by Crippen LogP contribution is 2.27. The van der Waals surface area contributed by atoms with Crippen LogP contribution in [0.4, 0.5) is 4.39 Å². The van der Waals surface area contributed by atoms with Gasteiger partial charge in [-0.15, -0.1) is 0 Å². The van der Waals surface area contributed by atoms with Crippen LogP contribution in [-0.4, -0.2) is 5.11 Å². The summed E-state index contributed by atoms with van der Waals surface area (Å²) in [4.78, 5) is 0. The average Bonchev–Trinajstić information content (AvgIpc) is 2.40. The van der Waals surface area contributed by atoms with Gasteiger partial charge in [-0.25, -0.2) is 4.39 Å². The van der Waals surface area contributed by atoms with E-state index in [2.05, 4.69) is 0 Å². The highest BCUT2D eigenvalue weighted by molar-refractivity contribution is 5.44. The molecule has 0 radical (unpaired) electrons. The number of ether oxygens (including phenoxy) is 1. The maximum absolute atomic E-state index is 13.3. The van der Waals surface area contributed by atoms with Gasteiger partial charge < -0.3 is 9.84 Å². The van der Waals surface area contributed by atoms with Crippen LogP contribution in [0.5, 0.6) is 11.5 Å². The number of aliphatic hydroxyl groups excluding tert-OH is 1. The highest BCUT2D eigenvalue weighted by Gasteiger charge is 2.06. The van der Waals surface area contributed by atoms with E-state index in [9.17, 15) is 4.39 Å². The van der Waals surface area contributed by atoms with Crippen LogP contribution in [-0.2, 0) is 6.61 Å². The van der Waals surface area contributed by atoms with Crippen LogP contribution in [0.1, 0.15) is 16.7 Å². The van der Waals surface area contributed by atoms with Gasteiger partial charge in [0.15, 0.2) is 0 Å². The lowest BCUT2D eigenvalue weighted by Gasteiger charge is -2.10. The molecular weight excluding hydrogens is 245 g/mol. The van der Waals surface area contributed by atoms with Crippen LogP contribution in [0, 0.1) is 24.1 Å². The van der Waals surface area contributed by atoms with E-state index in [0.29, 0.717) is 22.6 Å². The quantitative estimate of drug-likeness (QED) is 0.917. The number of hydrogen-bond donors (Lipinski definition) is 1. The second-order valence-electron chi connectivity index (χ2n) is 4.15. The monoisotopic (exact) mass is 257 g/mol. The van der Waals surface area contributed by atoms with E-state index < -0.39 is 5.82 Å². The minimum atomic E-state index is -0.476. The lowest BCUT2D eigenvalue weighted by molar-refractivity contribution is 0.280. The first kappa shape index (κ1) is 13.1. The van der Waals surface area contributed by atoms with Gasteiger partial charge >= 0.3 is 0 Å². The molecule has 0 aliphatic heterocycles. The Morgan fingerprint density at radius 2 is 2.05 bits per heavy atom. The third kappa shape index (κ3) is 3.09. The predicted molar refractivity (Wildman–Crippen MR) is 68.3 cm³/mol. The molecule has 0 aliphatic rings. The molecule has 96 valence electrons. The summed E-state index contributed by atoms with van der Waals surface area (Å²) in [7, 11) is 0. The maximum atomic E-state index is 13.3. The van der Waals surface area contributed by atoms with Crippen LogP contribution < -0.4 is 4.74 Å². The zero-order valence-corrected chi connectivity index (χ0v) is 10.4. The molecule has 0 amide bonds. The zero-order valence-electron chi connectivity index (χ0n) is 10.4. The van der Waals surface area contributed by atoms with Crippen molar-refractivity contribution in [2.24, 2.45) is 0 Å². The van der Waals surface area contributed by atoms with Crippen molar-refractivity contribution in [1.82, 2.24) is 0 Å². The van der Waals surface area contributed by atoms with Crippen molar-refractivity contribution in [3.8, 4) is 17.6 Å². The zero-order chi connectivity index (χ0) is 13.8. The molecule has 2 aromatic carbocycles. The van der Waals surface area contributed by atoms with E-state index in [1.807, 2.05) is 13.0 Å². The van der Waals surface area contributed by atoms with Crippen molar-refractivity contribution < 1.29 is 14.2 Å². The van der Waals surface area contributed by atoms with E-state index in [-0.39, 0.29) is 6.61 Å². The van der Waals surface area contributed by atoms with Crippen LogP contribution in [0.25, 0.3) is 0 Å². The fraction of sp³-hybridized carbons (Fsp3) is 0.133. The molecule has 2 aromatic rings. The van der Waals surface area contributed by atoms with E-state index in [1.54, 1.807) is 24.3 Å². The summed E-state index contributed by atoms with van der Waals surface area (Å²) < 4.78 is 18.9. The summed E-state index contributed by atoms with van der Waals surface area (Å²) in [6.07, 6.45) is 0. The molecule has 2 rings (SSSR count). The first-order valence-corrected chi connectivity index (χ1v) is 5.71. The van der Waals surface area contributed by atoms with Crippen molar-refractivity contribution in [3.63, 3.8) is 0 Å². The Morgan fingerprint density at radius 3 is 2.74 bits per heavy atom. The molecule has 0 saturated heterocycles. The van der Waals surface area contributed by atoms with E-state index >= 15 is 0 Å². The molecule has 19 heavy (non-hydrogen) atoms. The Bertz CT molecular complexity index is 647. The number of nitriles is 1. The minimum absolute atomic E-state index is 0.259. The van der Waals surface area contributed by atoms with Crippen molar-refractivity contribution in [2.75, 3.05) is 0 Å². The Balaban J connectivity index is 2.36. The highest BCUT2D eigenvalue weighted by atomic mass is 19.1. The third-order valence-corrected chi connectivity index (χ3v) is 2.66. The van der Waals surface area contributed by atoms with Gasteiger partial charge in [0.05, 0.1) is 18.2 Å². The molecule has 4 heteroatoms. The molecule has 0 atom stereocenters. The number of benzene rings is 2. The van der Waals surface area contributed by atoms with Crippen LogP contribution in [0.15, 0.2) is 36.4 Å². The fourth-order valence-electron chi connectivity index (χ4n) is 1.68. The number of nitrogens with zero attached hydrogens (tertiary/aromatic N) is 1. The second kappa shape index (κ2) is 5.51. The average molecular weight is 257 g/mol. The lowest BCUT2D eigenvalue weighted by Crippen LogP contribution is -1.92. The molecule has 0 aliphatic carbocycles. The Hall–Kier alpha value is -2.38. The van der Waals surface area contributed by atoms with Gasteiger partial charge in [0.25, 0.3) is 0 Å². The number of hydrogen-bond acceptors (Lipinski definition) is 3. The first-order valence-electron chi connectivity index (χ1n) is 5.71. The summed E-state index contributed by atoms with van der Waals surface area (Å²) in [5, 5.41) is 17.9. The Morgan fingerprint density at radius 1 is 1.26 bits per heavy atom. The van der Waals surface area contributed by atoms with Gasteiger partial charge in [-0.1, -0.05) is 6.07 Å². The SMILES string of the molecule is Cc1ccc(C#N)cc1Oc1cc(F)cc(CO)c1. The number of aliphatic hydroxyl groups is 1. The molecule has 0 spiro atoms. The van der Waals surface area contributed by atoms with Crippen LogP contribution in [0.2, 0.25) is 0 Å². The van der Waals surface area contributed by atoms with Gasteiger partial charge in [-0.3, -0.25) is 0 Å². The van der Waals surface area contributed by atoms with Gasteiger partial charge in [-0.2, -0.15) is 5.26 Å². The third-order valence-electron chi connectivity index (χ3n) is 2.66. The van der Waals surface area contributed by atoms with E-state index in [1.165, 1.54) is 12.1 Å². The van der Waals surface area contributed by atoms with Gasteiger partial charge in [0.1, 0.15) is 17.3 Å². The number of halogens is 1. The summed E-state index contributed by atoms with van der Waals surface area (Å²) in [5.74, 6) is 0.312. The first-order chi connectivity index (χ1) is 9.12. The van der Waals surface area contributed by atoms with Crippen molar-refractivity contribution in [1.29, 1.82) is 5.26 Å². The molecule has 0 bridgehead atoms. The Labute approximate surface area is 110 Å². The molecule has 3 nitrogen and oxygen atoms in total. The topological polar surface area (TPSA) is 53.2 Å². The molecule has 0 heterocycles. The van der Waals surface area contributed by atoms with Crippen molar-refractivity contribution in [3.05, 3.63) is 58.9 Å². The van der Waals surface area contributed by atoms with Crippen LogP contribution >= 0.6 is 0 Å². The molecule has 0 unspecified atom stereocenters. The fourth-order valence-corrected chi connectivity index (χ4v) is 1.68. The predicted octanol–water partition coefficient (Wildman–Crippen LogP) is 3.29. The molecule has 0 saturated carbocycles. The molecule has 1 N–H and O–H groups in total. The number of rotatable bonds is 3. The summed E-state index contributed by atoms with van der Waals surface area (Å²) in [6, 6.07) is 11.1. The van der Waals surface area contributed by atoms with Crippen LogP contribution in [0.3, 0.4) is 0 Å². The van der Waals surface area contributed by atoms with E-state index in [4.69, 9.17) is 15.1 Å².